The lowest BCUT2D eigenvalue weighted by atomic mass is 10.1. The Kier molecular flexibility index (Phi) is 5.48. The largest absolute Gasteiger partial charge is 0.497 e. The summed E-state index contributed by atoms with van der Waals surface area (Å²) in [5.41, 5.74) is 1.63. The molecule has 24 heavy (non-hydrogen) atoms. The van der Waals surface area contributed by atoms with E-state index in [1.807, 2.05) is 6.07 Å². The van der Waals surface area contributed by atoms with E-state index in [-0.39, 0.29) is 11.4 Å². The van der Waals surface area contributed by atoms with Crippen molar-refractivity contribution >= 4 is 23.5 Å². The van der Waals surface area contributed by atoms with Crippen LogP contribution >= 0.6 is 0 Å². The number of rotatable bonds is 5. The zero-order valence-corrected chi connectivity index (χ0v) is 13.4. The summed E-state index contributed by atoms with van der Waals surface area (Å²) in [5.74, 6) is 0.0607. The van der Waals surface area contributed by atoms with Gasteiger partial charge in [-0.15, -0.1) is 0 Å². The SMILES string of the molecule is COc1ccc(C=C(C#N)C(=O)Nc2cccc(C(C)=O)c2)cc1. The molecule has 1 N–H and O–H groups in total. The summed E-state index contributed by atoms with van der Waals surface area (Å²) in [6, 6.07) is 15.4. The average molecular weight is 320 g/mol. The number of carbonyl (C=O) groups is 2. The second-order valence-corrected chi connectivity index (χ2v) is 5.03. The molecule has 0 unspecified atom stereocenters. The molecule has 0 fully saturated rings. The predicted molar refractivity (Wildman–Crippen MR) is 91.7 cm³/mol. The Hall–Kier alpha value is -3.39. The van der Waals surface area contributed by atoms with Gasteiger partial charge in [0.2, 0.25) is 0 Å². The van der Waals surface area contributed by atoms with Crippen molar-refractivity contribution in [2.75, 3.05) is 12.4 Å². The minimum absolute atomic E-state index is 0.0339. The molecule has 5 heteroatoms. The molecule has 0 aliphatic heterocycles. The molecule has 120 valence electrons. The van der Waals surface area contributed by atoms with E-state index in [0.717, 1.165) is 0 Å². The van der Waals surface area contributed by atoms with Gasteiger partial charge in [0.25, 0.3) is 5.91 Å². The van der Waals surface area contributed by atoms with Gasteiger partial charge in [0, 0.05) is 11.3 Å². The van der Waals surface area contributed by atoms with Crippen LogP contribution in [0.2, 0.25) is 0 Å². The standard InChI is InChI=1S/C19H16N2O3/c1-13(22)15-4-3-5-17(11-15)21-19(23)16(12-20)10-14-6-8-18(24-2)9-7-14/h3-11H,1-2H3,(H,21,23). The fourth-order valence-electron chi connectivity index (χ4n) is 2.03. The third-order valence-electron chi connectivity index (χ3n) is 3.32. The number of nitrogens with zero attached hydrogens (tertiary/aromatic N) is 1. The number of nitriles is 1. The van der Waals surface area contributed by atoms with E-state index < -0.39 is 5.91 Å². The summed E-state index contributed by atoms with van der Waals surface area (Å²) in [6.45, 7) is 1.45. The first kappa shape index (κ1) is 17.0. The van der Waals surface area contributed by atoms with Crippen molar-refractivity contribution in [3.8, 4) is 11.8 Å². The van der Waals surface area contributed by atoms with Gasteiger partial charge in [-0.3, -0.25) is 9.59 Å². The lowest BCUT2D eigenvalue weighted by molar-refractivity contribution is -0.112. The number of Topliss-reactive ketones (excluding diaryl/α,β-unsaturated/α-hetero) is 1. The van der Waals surface area contributed by atoms with Crippen LogP contribution in [0.4, 0.5) is 5.69 Å². The van der Waals surface area contributed by atoms with Crippen LogP contribution < -0.4 is 10.1 Å². The van der Waals surface area contributed by atoms with Crippen LogP contribution in [0.15, 0.2) is 54.1 Å². The maximum Gasteiger partial charge on any atom is 0.266 e. The van der Waals surface area contributed by atoms with Crippen molar-refractivity contribution in [2.45, 2.75) is 6.92 Å². The summed E-state index contributed by atoms with van der Waals surface area (Å²) >= 11 is 0. The second kappa shape index (κ2) is 7.75. The van der Waals surface area contributed by atoms with Crippen LogP contribution in [0.25, 0.3) is 6.08 Å². The summed E-state index contributed by atoms with van der Waals surface area (Å²) in [5, 5.41) is 11.8. The number of carbonyl (C=O) groups excluding carboxylic acids is 2. The Labute approximate surface area is 140 Å². The molecule has 2 aromatic rings. The van der Waals surface area contributed by atoms with E-state index >= 15 is 0 Å². The van der Waals surface area contributed by atoms with Gasteiger partial charge in [-0.2, -0.15) is 5.26 Å². The van der Waals surface area contributed by atoms with E-state index in [9.17, 15) is 14.9 Å². The molecule has 0 saturated heterocycles. The fourth-order valence-corrected chi connectivity index (χ4v) is 2.03. The van der Waals surface area contributed by atoms with Crippen molar-refractivity contribution < 1.29 is 14.3 Å². The molecule has 0 radical (unpaired) electrons. The Balaban J connectivity index is 2.19. The maximum atomic E-state index is 12.2. The molecule has 0 atom stereocenters. The van der Waals surface area contributed by atoms with Crippen LogP contribution in [0, 0.1) is 11.3 Å². The molecule has 0 bridgehead atoms. The average Bonchev–Trinajstić information content (AvgIpc) is 2.60. The highest BCUT2D eigenvalue weighted by atomic mass is 16.5. The van der Waals surface area contributed by atoms with Gasteiger partial charge in [-0.1, -0.05) is 24.3 Å². The fraction of sp³-hybridized carbons (Fsp3) is 0.105. The first-order chi connectivity index (χ1) is 11.5. The zero-order chi connectivity index (χ0) is 17.5. The molecule has 1 amide bonds. The normalized spacial score (nSPS) is 10.6. The molecular weight excluding hydrogens is 304 g/mol. The van der Waals surface area contributed by atoms with Crippen LogP contribution in [-0.4, -0.2) is 18.8 Å². The molecule has 0 saturated carbocycles. The molecular formula is C19H16N2O3. The Bertz CT molecular complexity index is 830. The minimum Gasteiger partial charge on any atom is -0.497 e. The lowest BCUT2D eigenvalue weighted by Gasteiger charge is -2.06. The van der Waals surface area contributed by atoms with Crippen LogP contribution in [0.5, 0.6) is 5.75 Å². The lowest BCUT2D eigenvalue weighted by Crippen LogP contribution is -2.13. The van der Waals surface area contributed by atoms with E-state index in [2.05, 4.69) is 5.32 Å². The number of nitrogens with one attached hydrogen (secondary N) is 1. The number of amides is 1. The number of methoxy groups -OCH3 is 1. The molecule has 2 rings (SSSR count). The first-order valence-electron chi connectivity index (χ1n) is 7.21. The number of benzene rings is 2. The number of ether oxygens (including phenoxy) is 1. The minimum atomic E-state index is -0.533. The van der Waals surface area contributed by atoms with E-state index in [0.29, 0.717) is 22.6 Å². The van der Waals surface area contributed by atoms with Gasteiger partial charge < -0.3 is 10.1 Å². The number of hydrogen-bond acceptors (Lipinski definition) is 4. The Morgan fingerprint density at radius 1 is 1.17 bits per heavy atom. The molecule has 0 heterocycles. The molecule has 0 aromatic heterocycles. The quantitative estimate of drug-likeness (QED) is 0.520. The number of ketones is 1. The van der Waals surface area contributed by atoms with Gasteiger partial charge in [0.05, 0.1) is 7.11 Å². The van der Waals surface area contributed by atoms with Crippen LogP contribution in [-0.2, 0) is 4.79 Å². The summed E-state index contributed by atoms with van der Waals surface area (Å²) in [7, 11) is 1.56. The number of hydrogen-bond donors (Lipinski definition) is 1. The third-order valence-corrected chi connectivity index (χ3v) is 3.32. The summed E-state index contributed by atoms with van der Waals surface area (Å²) in [6.07, 6.45) is 1.49. The smallest absolute Gasteiger partial charge is 0.266 e. The van der Waals surface area contributed by atoms with E-state index in [1.165, 1.54) is 13.0 Å². The molecule has 2 aromatic carbocycles. The van der Waals surface area contributed by atoms with E-state index in [1.54, 1.807) is 55.6 Å². The van der Waals surface area contributed by atoms with Gasteiger partial charge in [0.1, 0.15) is 17.4 Å². The van der Waals surface area contributed by atoms with Gasteiger partial charge in [0.15, 0.2) is 5.78 Å². The van der Waals surface area contributed by atoms with Crippen molar-refractivity contribution in [3.63, 3.8) is 0 Å². The summed E-state index contributed by atoms with van der Waals surface area (Å²) < 4.78 is 5.06. The van der Waals surface area contributed by atoms with Crippen molar-refractivity contribution in [3.05, 3.63) is 65.2 Å². The molecule has 0 aliphatic carbocycles. The molecule has 0 spiro atoms. The molecule has 5 nitrogen and oxygen atoms in total. The van der Waals surface area contributed by atoms with Crippen molar-refractivity contribution in [2.24, 2.45) is 0 Å². The van der Waals surface area contributed by atoms with Gasteiger partial charge in [-0.25, -0.2) is 0 Å². The van der Waals surface area contributed by atoms with Gasteiger partial charge in [-0.05, 0) is 42.8 Å². The second-order valence-electron chi connectivity index (χ2n) is 5.03. The topological polar surface area (TPSA) is 79.2 Å². The highest BCUT2D eigenvalue weighted by Crippen LogP contribution is 2.16. The van der Waals surface area contributed by atoms with Crippen LogP contribution in [0.3, 0.4) is 0 Å². The van der Waals surface area contributed by atoms with Crippen molar-refractivity contribution in [1.82, 2.24) is 0 Å². The van der Waals surface area contributed by atoms with Crippen molar-refractivity contribution in [1.29, 1.82) is 5.26 Å². The predicted octanol–water partition coefficient (Wildman–Crippen LogP) is 3.44. The summed E-state index contributed by atoms with van der Waals surface area (Å²) in [4.78, 5) is 23.6. The third kappa shape index (κ3) is 4.31. The van der Waals surface area contributed by atoms with E-state index in [4.69, 9.17) is 4.74 Å². The highest BCUT2D eigenvalue weighted by molar-refractivity contribution is 6.10. The maximum absolute atomic E-state index is 12.2. The Morgan fingerprint density at radius 2 is 1.88 bits per heavy atom. The Morgan fingerprint density at radius 3 is 2.46 bits per heavy atom. The highest BCUT2D eigenvalue weighted by Gasteiger charge is 2.10. The van der Waals surface area contributed by atoms with Crippen LogP contribution in [0.1, 0.15) is 22.8 Å². The zero-order valence-electron chi connectivity index (χ0n) is 13.4. The first-order valence-corrected chi connectivity index (χ1v) is 7.21. The monoisotopic (exact) mass is 320 g/mol. The number of anilines is 1. The molecule has 0 aliphatic rings. The van der Waals surface area contributed by atoms with Gasteiger partial charge >= 0.3 is 0 Å².